The van der Waals surface area contributed by atoms with E-state index in [0.29, 0.717) is 11.3 Å². The summed E-state index contributed by atoms with van der Waals surface area (Å²) in [5.74, 6) is -1.66. The van der Waals surface area contributed by atoms with E-state index in [1.165, 1.54) is 22.6 Å². The molecule has 0 aliphatic heterocycles. The molecule has 0 radical (unpaired) electrons. The summed E-state index contributed by atoms with van der Waals surface area (Å²) in [5, 5.41) is 2.38. The van der Waals surface area contributed by atoms with Crippen LogP contribution in [0.5, 0.6) is 0 Å². The van der Waals surface area contributed by atoms with Gasteiger partial charge < -0.3 is 10.1 Å². The molecule has 0 atom stereocenters. The summed E-state index contributed by atoms with van der Waals surface area (Å²) in [7, 11) is 0. The molecular weight excluding hydrogens is 353 g/mol. The summed E-state index contributed by atoms with van der Waals surface area (Å²) in [4.78, 5) is 40.1. The third kappa shape index (κ3) is 4.35. The molecule has 1 aromatic carbocycles. The monoisotopic (exact) mass is 369 g/mol. The van der Waals surface area contributed by atoms with Crippen molar-refractivity contribution in [1.82, 2.24) is 14.7 Å². The molecule has 0 saturated heterocycles. The molecule has 0 unspecified atom stereocenters. The Morgan fingerprint density at radius 1 is 1.22 bits per heavy atom. The second-order valence-electron chi connectivity index (χ2n) is 5.82. The molecule has 3 rings (SSSR count). The average molecular weight is 369 g/mol. The number of nitrogens with zero attached hydrogens (tertiary/aromatic N) is 2. The summed E-state index contributed by atoms with van der Waals surface area (Å²) >= 11 is 0. The quantitative estimate of drug-likeness (QED) is 0.690. The first-order valence-corrected chi connectivity index (χ1v) is 8.11. The number of amides is 1. The Kier molecular flexibility index (Phi) is 5.25. The Balaban J connectivity index is 1.58. The zero-order valence-corrected chi connectivity index (χ0v) is 14.4. The van der Waals surface area contributed by atoms with Gasteiger partial charge in [0.1, 0.15) is 24.6 Å². The number of ether oxygens (including phenoxy) is 1. The molecule has 0 aliphatic carbocycles. The van der Waals surface area contributed by atoms with Crippen molar-refractivity contribution >= 4 is 17.5 Å². The first-order valence-electron chi connectivity index (χ1n) is 8.11. The second-order valence-corrected chi connectivity index (χ2v) is 5.82. The van der Waals surface area contributed by atoms with Gasteiger partial charge in [-0.15, -0.1) is 0 Å². The number of carbonyl (C=O) groups excluding carboxylic acids is 2. The molecule has 3 aromatic rings. The van der Waals surface area contributed by atoms with Crippen molar-refractivity contribution in [2.75, 3.05) is 6.54 Å². The second kappa shape index (κ2) is 7.77. The van der Waals surface area contributed by atoms with Crippen LogP contribution in [0.2, 0.25) is 0 Å². The van der Waals surface area contributed by atoms with Crippen LogP contribution in [0.25, 0.3) is 5.65 Å². The number of fused-ring (bicyclic) bond motifs is 1. The number of nitrogens with one attached hydrogen (secondary N) is 1. The summed E-state index contributed by atoms with van der Waals surface area (Å²) in [5.41, 5.74) is 1.56. The minimum absolute atomic E-state index is 0.189. The van der Waals surface area contributed by atoms with E-state index in [1.54, 1.807) is 12.3 Å². The highest BCUT2D eigenvalue weighted by Gasteiger charge is 2.11. The number of hydrogen-bond donors (Lipinski definition) is 1. The Bertz CT molecular complexity index is 1060. The maximum absolute atomic E-state index is 12.8. The van der Waals surface area contributed by atoms with Crippen LogP contribution in [-0.4, -0.2) is 27.8 Å². The van der Waals surface area contributed by atoms with E-state index in [0.717, 1.165) is 17.7 Å². The molecule has 2 aromatic heterocycles. The topological polar surface area (TPSA) is 89.8 Å². The van der Waals surface area contributed by atoms with Gasteiger partial charge >= 0.3 is 5.97 Å². The number of esters is 1. The van der Waals surface area contributed by atoms with Gasteiger partial charge in [-0.25, -0.2) is 9.37 Å². The molecular formula is C19H16FN3O4. The van der Waals surface area contributed by atoms with Gasteiger partial charge in [-0.05, 0) is 42.8 Å². The lowest BCUT2D eigenvalue weighted by Crippen LogP contribution is -2.30. The van der Waals surface area contributed by atoms with Gasteiger partial charge in [0.05, 0.1) is 5.69 Å². The predicted octanol–water partition coefficient (Wildman–Crippen LogP) is 1.62. The van der Waals surface area contributed by atoms with Gasteiger partial charge in [0.15, 0.2) is 0 Å². The smallest absolute Gasteiger partial charge is 0.325 e. The molecule has 1 amide bonds. The fraction of sp³-hybridized carbons (Fsp3) is 0.158. The van der Waals surface area contributed by atoms with Crippen molar-refractivity contribution in [2.24, 2.45) is 0 Å². The Morgan fingerprint density at radius 3 is 2.70 bits per heavy atom. The minimum atomic E-state index is -0.683. The fourth-order valence-corrected chi connectivity index (χ4v) is 2.44. The number of benzene rings is 1. The molecule has 0 bridgehead atoms. The molecule has 1 N–H and O–H groups in total. The minimum Gasteiger partial charge on any atom is -0.458 e. The molecule has 0 spiro atoms. The van der Waals surface area contributed by atoms with Gasteiger partial charge in [0.2, 0.25) is 0 Å². The zero-order valence-electron chi connectivity index (χ0n) is 14.4. The number of rotatable bonds is 5. The van der Waals surface area contributed by atoms with Gasteiger partial charge in [0, 0.05) is 17.8 Å². The van der Waals surface area contributed by atoms with E-state index in [9.17, 15) is 18.8 Å². The van der Waals surface area contributed by atoms with Crippen LogP contribution in [0.15, 0.2) is 53.5 Å². The normalized spacial score (nSPS) is 10.6. The molecule has 8 heteroatoms. The van der Waals surface area contributed by atoms with Crippen LogP contribution >= 0.6 is 0 Å². The molecule has 27 heavy (non-hydrogen) atoms. The van der Waals surface area contributed by atoms with Crippen LogP contribution in [-0.2, 0) is 16.1 Å². The number of hydrogen-bond acceptors (Lipinski definition) is 5. The van der Waals surface area contributed by atoms with Gasteiger partial charge in [-0.3, -0.25) is 18.8 Å². The highest BCUT2D eigenvalue weighted by atomic mass is 19.1. The summed E-state index contributed by atoms with van der Waals surface area (Å²) in [6, 6.07) is 9.78. The molecule has 0 saturated carbocycles. The number of aromatic nitrogens is 2. The Hall–Kier alpha value is -3.55. The number of aryl methyl sites for hydroxylation is 1. The van der Waals surface area contributed by atoms with Crippen molar-refractivity contribution in [3.8, 4) is 0 Å². The first kappa shape index (κ1) is 18.2. The van der Waals surface area contributed by atoms with E-state index in [2.05, 4.69) is 10.3 Å². The SMILES string of the molecule is Cc1cccn2c(=O)cc(COC(=O)CNC(=O)c3ccc(F)cc3)nc12. The fourth-order valence-electron chi connectivity index (χ4n) is 2.44. The number of carbonyl (C=O) groups is 2. The number of halogens is 1. The van der Waals surface area contributed by atoms with E-state index in [4.69, 9.17) is 4.74 Å². The van der Waals surface area contributed by atoms with Crippen molar-refractivity contribution in [1.29, 1.82) is 0 Å². The van der Waals surface area contributed by atoms with E-state index < -0.39 is 17.7 Å². The van der Waals surface area contributed by atoms with Crippen LogP contribution < -0.4 is 10.9 Å². The third-order valence-electron chi connectivity index (χ3n) is 3.82. The predicted molar refractivity (Wildman–Crippen MR) is 94.7 cm³/mol. The van der Waals surface area contributed by atoms with Crippen LogP contribution in [0.1, 0.15) is 21.6 Å². The highest BCUT2D eigenvalue weighted by Crippen LogP contribution is 2.06. The lowest BCUT2D eigenvalue weighted by molar-refractivity contribution is -0.143. The zero-order chi connectivity index (χ0) is 19.4. The van der Waals surface area contributed by atoms with Crippen LogP contribution in [0.3, 0.4) is 0 Å². The summed E-state index contributed by atoms with van der Waals surface area (Å²) in [6.07, 6.45) is 1.61. The van der Waals surface area contributed by atoms with Gasteiger partial charge in [0.25, 0.3) is 11.5 Å². The molecule has 138 valence electrons. The average Bonchev–Trinajstić information content (AvgIpc) is 2.66. The highest BCUT2D eigenvalue weighted by molar-refractivity contribution is 5.95. The summed E-state index contributed by atoms with van der Waals surface area (Å²) in [6.45, 7) is 1.27. The lowest BCUT2D eigenvalue weighted by Gasteiger charge is -2.08. The molecule has 0 aliphatic rings. The molecule has 2 heterocycles. The van der Waals surface area contributed by atoms with Crippen molar-refractivity contribution in [2.45, 2.75) is 13.5 Å². The van der Waals surface area contributed by atoms with Crippen LogP contribution in [0, 0.1) is 12.7 Å². The molecule has 0 fully saturated rings. The van der Waals surface area contributed by atoms with E-state index >= 15 is 0 Å². The van der Waals surface area contributed by atoms with Gasteiger partial charge in [-0.2, -0.15) is 0 Å². The van der Waals surface area contributed by atoms with Crippen LogP contribution in [0.4, 0.5) is 4.39 Å². The van der Waals surface area contributed by atoms with E-state index in [-0.39, 0.29) is 24.3 Å². The largest absolute Gasteiger partial charge is 0.458 e. The summed E-state index contributed by atoms with van der Waals surface area (Å²) < 4.78 is 19.3. The van der Waals surface area contributed by atoms with Crippen molar-refractivity contribution < 1.29 is 18.7 Å². The number of pyridine rings is 1. The van der Waals surface area contributed by atoms with Crippen molar-refractivity contribution in [3.63, 3.8) is 0 Å². The maximum atomic E-state index is 12.8. The van der Waals surface area contributed by atoms with Crippen molar-refractivity contribution in [3.05, 3.63) is 81.7 Å². The van der Waals surface area contributed by atoms with E-state index in [1.807, 2.05) is 13.0 Å². The molecule has 7 nitrogen and oxygen atoms in total. The first-order chi connectivity index (χ1) is 12.9. The maximum Gasteiger partial charge on any atom is 0.325 e. The standard InChI is InChI=1S/C19H16FN3O4/c1-12-3-2-8-23-16(24)9-15(22-18(12)23)11-27-17(25)10-21-19(26)13-4-6-14(20)7-5-13/h2-9H,10-11H2,1H3,(H,21,26). The van der Waals surface area contributed by atoms with Gasteiger partial charge in [-0.1, -0.05) is 6.07 Å². The third-order valence-corrected chi connectivity index (χ3v) is 3.82. The lowest BCUT2D eigenvalue weighted by atomic mass is 10.2. The Morgan fingerprint density at radius 2 is 1.96 bits per heavy atom. The Labute approximate surface area is 153 Å².